The fourth-order valence-corrected chi connectivity index (χ4v) is 2.46. The van der Waals surface area contributed by atoms with E-state index in [-0.39, 0.29) is 21.7 Å². The second kappa shape index (κ2) is 3.93. The summed E-state index contributed by atoms with van der Waals surface area (Å²) in [5.74, 6) is 0.755. The molecule has 0 heterocycles. The molecule has 2 aliphatic rings. The first kappa shape index (κ1) is 10.3. The maximum absolute atomic E-state index is 2.43. The van der Waals surface area contributed by atoms with Crippen LogP contribution in [0.15, 0.2) is 22.8 Å². The van der Waals surface area contributed by atoms with Crippen LogP contribution in [0.1, 0.15) is 39.5 Å². The van der Waals surface area contributed by atoms with E-state index in [0.29, 0.717) is 0 Å². The number of hydrogen-bond acceptors (Lipinski definition) is 0. The van der Waals surface area contributed by atoms with Gasteiger partial charge in [0.05, 0.1) is 0 Å². The van der Waals surface area contributed by atoms with Crippen LogP contribution in [0.25, 0.3) is 0 Å². The summed E-state index contributed by atoms with van der Waals surface area (Å²) in [6, 6.07) is 0. The summed E-state index contributed by atoms with van der Waals surface area (Å²) < 4.78 is 0. The van der Waals surface area contributed by atoms with Gasteiger partial charge in [0.2, 0.25) is 0 Å². The van der Waals surface area contributed by atoms with Gasteiger partial charge in [0.1, 0.15) is 0 Å². The van der Waals surface area contributed by atoms with Crippen molar-refractivity contribution in [2.75, 3.05) is 0 Å². The molecule has 0 aliphatic heterocycles. The molecule has 1 atom stereocenters. The number of allylic oxidation sites excluding steroid dienone is 4. The van der Waals surface area contributed by atoms with E-state index in [4.69, 9.17) is 0 Å². The van der Waals surface area contributed by atoms with E-state index in [1.807, 2.05) is 0 Å². The summed E-state index contributed by atoms with van der Waals surface area (Å²) in [6.45, 7) is 4.60. The zero-order valence-corrected chi connectivity index (χ0v) is 9.54. The van der Waals surface area contributed by atoms with Crippen molar-refractivity contribution < 1.29 is 21.7 Å². The van der Waals surface area contributed by atoms with Crippen molar-refractivity contribution in [3.8, 4) is 0 Å². The molecule has 0 saturated heterocycles. The summed E-state index contributed by atoms with van der Waals surface area (Å²) in [7, 11) is 0. The van der Waals surface area contributed by atoms with Crippen molar-refractivity contribution >= 4 is 0 Å². The van der Waals surface area contributed by atoms with Crippen molar-refractivity contribution in [2.45, 2.75) is 39.5 Å². The van der Waals surface area contributed by atoms with Gasteiger partial charge >= 0.3 is 0 Å². The van der Waals surface area contributed by atoms with E-state index >= 15 is 0 Å². The third-order valence-corrected chi connectivity index (χ3v) is 3.04. The summed E-state index contributed by atoms with van der Waals surface area (Å²) in [4.78, 5) is 0. The molecule has 0 nitrogen and oxygen atoms in total. The van der Waals surface area contributed by atoms with Gasteiger partial charge in [-0.3, -0.25) is 0 Å². The molecule has 0 N–H and O–H groups in total. The predicted molar refractivity (Wildman–Crippen MR) is 48.4 cm³/mol. The standard InChI is InChI=1S/C11H16.Ti/c1-8-7-9(2)11-6-4-3-5-10(8)11;/h7-8H,3-6H2,1-2H3;. The molecule has 0 saturated carbocycles. The normalized spacial score (nSPS) is 27.8. The van der Waals surface area contributed by atoms with Crippen LogP contribution in [-0.2, 0) is 21.7 Å². The van der Waals surface area contributed by atoms with E-state index < -0.39 is 0 Å². The van der Waals surface area contributed by atoms with E-state index in [0.717, 1.165) is 5.92 Å². The van der Waals surface area contributed by atoms with Crippen LogP contribution in [0.5, 0.6) is 0 Å². The van der Waals surface area contributed by atoms with Crippen molar-refractivity contribution in [1.82, 2.24) is 0 Å². The first-order chi connectivity index (χ1) is 5.29. The van der Waals surface area contributed by atoms with Gasteiger partial charge in [-0.15, -0.1) is 0 Å². The van der Waals surface area contributed by atoms with Crippen LogP contribution < -0.4 is 0 Å². The second-order valence-corrected chi connectivity index (χ2v) is 3.85. The smallest absolute Gasteiger partial charge is 0 e. The molecule has 12 heavy (non-hydrogen) atoms. The molecule has 2 rings (SSSR count). The van der Waals surface area contributed by atoms with Crippen LogP contribution >= 0.6 is 0 Å². The molecule has 0 aromatic carbocycles. The minimum atomic E-state index is 0. The Bertz CT molecular complexity index is 235. The predicted octanol–water partition coefficient (Wildman–Crippen LogP) is 3.45. The van der Waals surface area contributed by atoms with Gasteiger partial charge in [0.25, 0.3) is 0 Å². The molecule has 0 radical (unpaired) electrons. The topological polar surface area (TPSA) is 0 Å². The number of hydrogen-bond donors (Lipinski definition) is 0. The van der Waals surface area contributed by atoms with Crippen molar-refractivity contribution in [3.05, 3.63) is 22.8 Å². The molecule has 0 fully saturated rings. The van der Waals surface area contributed by atoms with Gasteiger partial charge in [0.15, 0.2) is 0 Å². The molecule has 1 unspecified atom stereocenters. The minimum Gasteiger partial charge on any atom is -0.0744 e. The van der Waals surface area contributed by atoms with Crippen molar-refractivity contribution in [2.24, 2.45) is 5.92 Å². The molecule has 0 bridgehead atoms. The molecule has 0 aromatic heterocycles. The van der Waals surface area contributed by atoms with E-state index in [2.05, 4.69) is 19.9 Å². The monoisotopic (exact) mass is 196 g/mol. The molecule has 2 aliphatic carbocycles. The van der Waals surface area contributed by atoms with E-state index in [1.54, 1.807) is 16.7 Å². The molecule has 1 heteroatoms. The van der Waals surface area contributed by atoms with Crippen molar-refractivity contribution in [1.29, 1.82) is 0 Å². The second-order valence-electron chi connectivity index (χ2n) is 3.85. The van der Waals surface area contributed by atoms with Crippen LogP contribution in [0.2, 0.25) is 0 Å². The van der Waals surface area contributed by atoms with Crippen LogP contribution in [0, 0.1) is 5.92 Å². The fraction of sp³-hybridized carbons (Fsp3) is 0.636. The Hall–Kier alpha value is 0.194. The Morgan fingerprint density at radius 1 is 1.25 bits per heavy atom. The van der Waals surface area contributed by atoms with Gasteiger partial charge in [-0.25, -0.2) is 0 Å². The van der Waals surface area contributed by atoms with Gasteiger partial charge in [0, 0.05) is 21.7 Å². The number of rotatable bonds is 0. The molecular weight excluding hydrogens is 180 g/mol. The Morgan fingerprint density at radius 3 is 2.58 bits per heavy atom. The van der Waals surface area contributed by atoms with Gasteiger partial charge in [-0.2, -0.15) is 0 Å². The SMILES string of the molecule is CC1=CC(C)C2=C1CCCC2.[Ti]. The molecule has 64 valence electrons. The van der Waals surface area contributed by atoms with Crippen LogP contribution in [0.3, 0.4) is 0 Å². The molecular formula is C11H16Ti. The van der Waals surface area contributed by atoms with Crippen LogP contribution in [-0.4, -0.2) is 0 Å². The first-order valence-electron chi connectivity index (χ1n) is 4.70. The zero-order chi connectivity index (χ0) is 7.84. The van der Waals surface area contributed by atoms with Crippen LogP contribution in [0.4, 0.5) is 0 Å². The fourth-order valence-electron chi connectivity index (χ4n) is 2.46. The molecule has 0 spiro atoms. The molecule has 0 aromatic rings. The largest absolute Gasteiger partial charge is 0.0744 e. The van der Waals surface area contributed by atoms with E-state index in [1.165, 1.54) is 25.7 Å². The zero-order valence-electron chi connectivity index (χ0n) is 7.98. The average molecular weight is 196 g/mol. The Morgan fingerprint density at radius 2 is 1.92 bits per heavy atom. The van der Waals surface area contributed by atoms with Crippen molar-refractivity contribution in [3.63, 3.8) is 0 Å². The maximum atomic E-state index is 2.43. The Balaban J connectivity index is 0.000000720. The quantitative estimate of drug-likeness (QED) is 0.520. The third-order valence-electron chi connectivity index (χ3n) is 3.04. The van der Waals surface area contributed by atoms with E-state index in [9.17, 15) is 0 Å². The maximum Gasteiger partial charge on any atom is 0 e. The minimum absolute atomic E-state index is 0. The summed E-state index contributed by atoms with van der Waals surface area (Å²) in [5, 5.41) is 0. The van der Waals surface area contributed by atoms with Gasteiger partial charge in [-0.1, -0.05) is 24.1 Å². The first-order valence-corrected chi connectivity index (χ1v) is 4.70. The average Bonchev–Trinajstić information content (AvgIpc) is 2.30. The summed E-state index contributed by atoms with van der Waals surface area (Å²) in [6.07, 6.45) is 7.98. The van der Waals surface area contributed by atoms with Gasteiger partial charge < -0.3 is 0 Å². The third kappa shape index (κ3) is 1.60. The Kier molecular flexibility index (Phi) is 3.37. The van der Waals surface area contributed by atoms with Gasteiger partial charge in [-0.05, 0) is 44.1 Å². The summed E-state index contributed by atoms with van der Waals surface area (Å²) in [5.41, 5.74) is 5.00. The Labute approximate surface area is 90.0 Å². The molecule has 0 amide bonds. The summed E-state index contributed by atoms with van der Waals surface area (Å²) >= 11 is 0.